The summed E-state index contributed by atoms with van der Waals surface area (Å²) in [6, 6.07) is 14.5. The number of anilines is 1. The first-order valence-electron chi connectivity index (χ1n) is 8.17. The van der Waals surface area contributed by atoms with Crippen LogP contribution in [0.15, 0.2) is 53.4 Å². The Balaban J connectivity index is 1.58. The second-order valence-electron chi connectivity index (χ2n) is 5.77. The number of nitrogens with zero attached hydrogens (tertiary/aromatic N) is 1. The van der Waals surface area contributed by atoms with E-state index in [1.54, 1.807) is 36.4 Å². The van der Waals surface area contributed by atoms with Crippen molar-refractivity contribution in [2.75, 3.05) is 37.7 Å². The van der Waals surface area contributed by atoms with Gasteiger partial charge in [0, 0.05) is 29.2 Å². The number of carbonyl (C=O) groups is 2. The Bertz CT molecular complexity index is 756. The first-order valence-corrected chi connectivity index (χ1v) is 8.62. The molecule has 1 aliphatic heterocycles. The van der Waals surface area contributed by atoms with Crippen molar-refractivity contribution in [3.05, 3.63) is 59.7 Å². The molecule has 1 saturated heterocycles. The molecule has 3 rings (SSSR count). The lowest BCUT2D eigenvalue weighted by molar-refractivity contribution is 0.0902. The van der Waals surface area contributed by atoms with Crippen LogP contribution < -0.4 is 10.2 Å². The normalized spacial score (nSPS) is 14.2. The maximum Gasteiger partial charge on any atom is 0.252 e. The van der Waals surface area contributed by atoms with Crippen LogP contribution in [0.3, 0.4) is 0 Å². The zero-order valence-electron chi connectivity index (χ0n) is 13.8. The summed E-state index contributed by atoms with van der Waals surface area (Å²) in [5, 5.41) is 2.65. The monoisotopic (exact) mass is 356 g/mol. The summed E-state index contributed by atoms with van der Waals surface area (Å²) < 4.78 is 5.34. The number of nitrogens with one attached hydrogen (secondary N) is 1. The smallest absolute Gasteiger partial charge is 0.252 e. The van der Waals surface area contributed by atoms with Crippen LogP contribution in [0, 0.1) is 0 Å². The van der Waals surface area contributed by atoms with Crippen molar-refractivity contribution in [2.45, 2.75) is 4.90 Å². The summed E-state index contributed by atoms with van der Waals surface area (Å²) in [4.78, 5) is 27.2. The van der Waals surface area contributed by atoms with Gasteiger partial charge in [-0.05, 0) is 36.4 Å². The first kappa shape index (κ1) is 17.5. The molecule has 0 bridgehead atoms. The fourth-order valence-corrected chi connectivity index (χ4v) is 2.97. The van der Waals surface area contributed by atoms with E-state index in [4.69, 9.17) is 4.74 Å². The molecular weight excluding hydrogens is 336 g/mol. The van der Waals surface area contributed by atoms with Crippen molar-refractivity contribution in [1.82, 2.24) is 5.32 Å². The molecule has 1 amide bonds. The van der Waals surface area contributed by atoms with Gasteiger partial charge >= 0.3 is 0 Å². The molecule has 1 N–H and O–H groups in total. The number of amides is 1. The van der Waals surface area contributed by atoms with E-state index >= 15 is 0 Å². The van der Waals surface area contributed by atoms with E-state index in [-0.39, 0.29) is 18.2 Å². The van der Waals surface area contributed by atoms with Crippen LogP contribution in [0.1, 0.15) is 20.7 Å². The molecular formula is C19H20N2O3S. The van der Waals surface area contributed by atoms with Crippen molar-refractivity contribution in [3.8, 4) is 0 Å². The maximum absolute atomic E-state index is 12.3. The van der Waals surface area contributed by atoms with Crippen LogP contribution in [-0.2, 0) is 4.74 Å². The molecule has 2 aromatic rings. The van der Waals surface area contributed by atoms with E-state index in [9.17, 15) is 9.59 Å². The van der Waals surface area contributed by atoms with Gasteiger partial charge in [0.25, 0.3) is 5.91 Å². The third-order valence-corrected chi connectivity index (χ3v) is 4.51. The van der Waals surface area contributed by atoms with Gasteiger partial charge in [0.15, 0.2) is 5.78 Å². The van der Waals surface area contributed by atoms with E-state index in [1.807, 2.05) is 12.1 Å². The summed E-state index contributed by atoms with van der Waals surface area (Å²) >= 11 is 4.25. The third kappa shape index (κ3) is 4.41. The van der Waals surface area contributed by atoms with Gasteiger partial charge in [-0.1, -0.05) is 12.1 Å². The molecule has 1 fully saturated rings. The minimum Gasteiger partial charge on any atom is -0.378 e. The average molecular weight is 356 g/mol. The standard InChI is InChI=1S/C19H20N2O3S/c22-17(13-20-19(23)16-3-1-2-4-18(16)25)14-5-7-15(8-6-14)21-9-11-24-12-10-21/h1-8,25H,9-13H2,(H,20,23). The number of benzene rings is 2. The van der Waals surface area contributed by atoms with Crippen LogP contribution in [0.5, 0.6) is 0 Å². The summed E-state index contributed by atoms with van der Waals surface area (Å²) in [6.07, 6.45) is 0. The van der Waals surface area contributed by atoms with Gasteiger partial charge in [-0.15, -0.1) is 12.6 Å². The molecule has 0 spiro atoms. The molecule has 25 heavy (non-hydrogen) atoms. The van der Waals surface area contributed by atoms with Gasteiger partial charge in [-0.25, -0.2) is 0 Å². The lowest BCUT2D eigenvalue weighted by Gasteiger charge is -2.28. The Hall–Kier alpha value is -2.31. The van der Waals surface area contributed by atoms with Gasteiger partial charge in [-0.2, -0.15) is 0 Å². The van der Waals surface area contributed by atoms with Crippen molar-refractivity contribution >= 4 is 30.0 Å². The Morgan fingerprint density at radius 1 is 1.04 bits per heavy atom. The van der Waals surface area contributed by atoms with Gasteiger partial charge in [-0.3, -0.25) is 9.59 Å². The predicted molar refractivity (Wildman–Crippen MR) is 99.8 cm³/mol. The molecule has 2 aromatic carbocycles. The van der Waals surface area contributed by atoms with Crippen molar-refractivity contribution in [1.29, 1.82) is 0 Å². The van der Waals surface area contributed by atoms with Gasteiger partial charge in [0.1, 0.15) is 0 Å². The van der Waals surface area contributed by atoms with Crippen LogP contribution in [0.2, 0.25) is 0 Å². The number of thiol groups is 1. The predicted octanol–water partition coefficient (Wildman–Crippen LogP) is 2.42. The quantitative estimate of drug-likeness (QED) is 0.638. The minimum absolute atomic E-state index is 0.0438. The molecule has 0 atom stereocenters. The topological polar surface area (TPSA) is 58.6 Å². The lowest BCUT2D eigenvalue weighted by atomic mass is 10.1. The molecule has 0 aromatic heterocycles. The molecule has 6 heteroatoms. The second kappa shape index (κ2) is 8.18. The fraction of sp³-hybridized carbons (Fsp3) is 0.263. The minimum atomic E-state index is -0.302. The molecule has 0 unspecified atom stereocenters. The number of rotatable bonds is 5. The van der Waals surface area contributed by atoms with E-state index < -0.39 is 0 Å². The van der Waals surface area contributed by atoms with Crippen molar-refractivity contribution in [3.63, 3.8) is 0 Å². The SMILES string of the molecule is O=C(CNC(=O)c1ccccc1S)c1ccc(N2CCOCC2)cc1. The van der Waals surface area contributed by atoms with Gasteiger partial charge in [0.2, 0.25) is 0 Å². The Labute approximate surface area is 152 Å². The molecule has 130 valence electrons. The van der Waals surface area contributed by atoms with E-state index in [1.165, 1.54) is 0 Å². The van der Waals surface area contributed by atoms with Gasteiger partial charge < -0.3 is 15.0 Å². The highest BCUT2D eigenvalue weighted by atomic mass is 32.1. The summed E-state index contributed by atoms with van der Waals surface area (Å²) in [7, 11) is 0. The molecule has 0 saturated carbocycles. The third-order valence-electron chi connectivity index (χ3n) is 4.12. The molecule has 0 aliphatic carbocycles. The van der Waals surface area contributed by atoms with Gasteiger partial charge in [0.05, 0.1) is 25.3 Å². The Kier molecular flexibility index (Phi) is 5.73. The molecule has 5 nitrogen and oxygen atoms in total. The summed E-state index contributed by atoms with van der Waals surface area (Å²) in [6.45, 7) is 3.11. The molecule has 1 aliphatic rings. The van der Waals surface area contributed by atoms with E-state index in [2.05, 4.69) is 22.8 Å². The van der Waals surface area contributed by atoms with Crippen LogP contribution in [-0.4, -0.2) is 44.5 Å². The Morgan fingerprint density at radius 2 is 1.72 bits per heavy atom. The summed E-state index contributed by atoms with van der Waals surface area (Å²) in [5.41, 5.74) is 2.12. The van der Waals surface area contributed by atoms with E-state index in [0.29, 0.717) is 16.0 Å². The number of Topliss-reactive ketones (excluding diaryl/α,β-unsaturated/α-hetero) is 1. The zero-order chi connectivity index (χ0) is 17.6. The number of hydrogen-bond acceptors (Lipinski definition) is 5. The van der Waals surface area contributed by atoms with Crippen LogP contribution in [0.4, 0.5) is 5.69 Å². The zero-order valence-corrected chi connectivity index (χ0v) is 14.7. The average Bonchev–Trinajstić information content (AvgIpc) is 2.67. The highest BCUT2D eigenvalue weighted by molar-refractivity contribution is 7.80. The second-order valence-corrected chi connectivity index (χ2v) is 6.25. The van der Waals surface area contributed by atoms with Crippen molar-refractivity contribution < 1.29 is 14.3 Å². The van der Waals surface area contributed by atoms with E-state index in [0.717, 1.165) is 32.0 Å². The number of ketones is 1. The van der Waals surface area contributed by atoms with Crippen molar-refractivity contribution in [2.24, 2.45) is 0 Å². The fourth-order valence-electron chi connectivity index (χ4n) is 2.70. The first-order chi connectivity index (χ1) is 12.1. The highest BCUT2D eigenvalue weighted by Crippen LogP contribution is 2.17. The number of ether oxygens (including phenoxy) is 1. The number of carbonyl (C=O) groups excluding carboxylic acids is 2. The number of morpholine rings is 1. The lowest BCUT2D eigenvalue weighted by Crippen LogP contribution is -2.36. The van der Waals surface area contributed by atoms with Crippen LogP contribution >= 0.6 is 12.6 Å². The maximum atomic E-state index is 12.3. The van der Waals surface area contributed by atoms with Crippen LogP contribution in [0.25, 0.3) is 0 Å². The largest absolute Gasteiger partial charge is 0.378 e. The number of hydrogen-bond donors (Lipinski definition) is 2. The molecule has 0 radical (unpaired) electrons. The highest BCUT2D eigenvalue weighted by Gasteiger charge is 2.14. The summed E-state index contributed by atoms with van der Waals surface area (Å²) in [5.74, 6) is -0.428. The molecule has 1 heterocycles. The Morgan fingerprint density at radius 3 is 2.40 bits per heavy atom.